The number of anilines is 1. The van der Waals surface area contributed by atoms with E-state index in [0.29, 0.717) is 6.04 Å². The molecular formula is C11H19N5. The van der Waals surface area contributed by atoms with Crippen LogP contribution in [0.4, 0.5) is 5.95 Å². The maximum atomic E-state index is 4.52. The molecule has 0 aliphatic carbocycles. The Morgan fingerprint density at radius 2 is 2.25 bits per heavy atom. The fourth-order valence-corrected chi connectivity index (χ4v) is 2.88. The fourth-order valence-electron chi connectivity index (χ4n) is 2.88. The highest BCUT2D eigenvalue weighted by Crippen LogP contribution is 2.31. The van der Waals surface area contributed by atoms with Gasteiger partial charge in [-0.2, -0.15) is 10.1 Å². The Morgan fingerprint density at radius 1 is 1.31 bits per heavy atom. The van der Waals surface area contributed by atoms with Gasteiger partial charge in [0.25, 0.3) is 0 Å². The zero-order chi connectivity index (χ0) is 11.0. The fraction of sp³-hybridized carbons (Fsp3) is 0.818. The molecule has 1 aromatic heterocycles. The summed E-state index contributed by atoms with van der Waals surface area (Å²) >= 11 is 0. The zero-order valence-corrected chi connectivity index (χ0v) is 9.74. The Morgan fingerprint density at radius 3 is 3.06 bits per heavy atom. The van der Waals surface area contributed by atoms with Crippen molar-refractivity contribution in [1.29, 1.82) is 0 Å². The van der Waals surface area contributed by atoms with Crippen molar-refractivity contribution in [2.75, 3.05) is 25.0 Å². The van der Waals surface area contributed by atoms with Gasteiger partial charge >= 0.3 is 0 Å². The van der Waals surface area contributed by atoms with Gasteiger partial charge in [-0.3, -0.25) is 0 Å². The SMILES string of the molecule is Cc1nc2n(n1)C(C1CCCNC1)CCN2. The Bertz CT molecular complexity index is 366. The van der Waals surface area contributed by atoms with Gasteiger partial charge in [-0.15, -0.1) is 0 Å². The standard InChI is InChI=1S/C11H19N5/c1-8-14-11-13-6-4-10(16(11)15-8)9-3-2-5-12-7-9/h9-10,12H,2-7H2,1H3,(H,13,14,15). The molecule has 2 aliphatic heterocycles. The lowest BCUT2D eigenvalue weighted by Crippen LogP contribution is -2.38. The molecule has 0 spiro atoms. The van der Waals surface area contributed by atoms with Gasteiger partial charge in [-0.1, -0.05) is 0 Å². The molecular weight excluding hydrogens is 202 g/mol. The van der Waals surface area contributed by atoms with Crippen molar-refractivity contribution in [2.24, 2.45) is 5.92 Å². The molecule has 2 N–H and O–H groups in total. The summed E-state index contributed by atoms with van der Waals surface area (Å²) in [7, 11) is 0. The molecule has 0 radical (unpaired) electrons. The molecule has 0 aromatic carbocycles. The van der Waals surface area contributed by atoms with Crippen LogP contribution in [0, 0.1) is 12.8 Å². The summed E-state index contributed by atoms with van der Waals surface area (Å²) in [5, 5.41) is 11.3. The quantitative estimate of drug-likeness (QED) is 0.741. The lowest BCUT2D eigenvalue weighted by molar-refractivity contribution is 0.235. The van der Waals surface area contributed by atoms with Crippen molar-refractivity contribution in [3.8, 4) is 0 Å². The normalized spacial score (nSPS) is 29.6. The molecule has 16 heavy (non-hydrogen) atoms. The summed E-state index contributed by atoms with van der Waals surface area (Å²) < 4.78 is 2.11. The number of fused-ring (bicyclic) bond motifs is 1. The molecule has 2 atom stereocenters. The first-order chi connectivity index (χ1) is 7.84. The highest BCUT2D eigenvalue weighted by Gasteiger charge is 2.30. The number of rotatable bonds is 1. The minimum Gasteiger partial charge on any atom is -0.354 e. The van der Waals surface area contributed by atoms with Crippen molar-refractivity contribution in [1.82, 2.24) is 20.1 Å². The molecule has 0 bridgehead atoms. The number of piperidine rings is 1. The topological polar surface area (TPSA) is 54.8 Å². The van der Waals surface area contributed by atoms with E-state index < -0.39 is 0 Å². The lowest BCUT2D eigenvalue weighted by atomic mass is 9.89. The summed E-state index contributed by atoms with van der Waals surface area (Å²) in [4.78, 5) is 4.42. The first kappa shape index (κ1) is 10.1. The van der Waals surface area contributed by atoms with Gasteiger partial charge in [0.2, 0.25) is 5.95 Å². The average Bonchev–Trinajstić information content (AvgIpc) is 2.70. The van der Waals surface area contributed by atoms with Crippen LogP contribution in [0.25, 0.3) is 0 Å². The molecule has 0 saturated carbocycles. The van der Waals surface area contributed by atoms with E-state index in [-0.39, 0.29) is 0 Å². The molecule has 2 unspecified atom stereocenters. The third kappa shape index (κ3) is 1.69. The summed E-state index contributed by atoms with van der Waals surface area (Å²) in [6.45, 7) is 5.29. The van der Waals surface area contributed by atoms with Crippen molar-refractivity contribution < 1.29 is 0 Å². The van der Waals surface area contributed by atoms with E-state index in [1.54, 1.807) is 0 Å². The number of hydrogen-bond acceptors (Lipinski definition) is 4. The van der Waals surface area contributed by atoms with E-state index in [9.17, 15) is 0 Å². The highest BCUT2D eigenvalue weighted by molar-refractivity contribution is 5.28. The average molecular weight is 221 g/mol. The Hall–Kier alpha value is -1.10. The molecule has 5 heteroatoms. The van der Waals surface area contributed by atoms with Gasteiger partial charge < -0.3 is 10.6 Å². The molecule has 1 fully saturated rings. The molecule has 1 saturated heterocycles. The third-order valence-electron chi connectivity index (χ3n) is 3.65. The first-order valence-electron chi connectivity index (χ1n) is 6.22. The van der Waals surface area contributed by atoms with Crippen LogP contribution >= 0.6 is 0 Å². The maximum Gasteiger partial charge on any atom is 0.221 e. The van der Waals surface area contributed by atoms with Crippen molar-refractivity contribution in [3.05, 3.63) is 5.82 Å². The second-order valence-corrected chi connectivity index (χ2v) is 4.82. The summed E-state index contributed by atoms with van der Waals surface area (Å²) in [6, 6.07) is 0.533. The minimum absolute atomic E-state index is 0.533. The second kappa shape index (κ2) is 4.05. The van der Waals surface area contributed by atoms with Crippen LogP contribution < -0.4 is 10.6 Å². The van der Waals surface area contributed by atoms with Crippen LogP contribution in [0.15, 0.2) is 0 Å². The van der Waals surface area contributed by atoms with Crippen LogP contribution in [0.3, 0.4) is 0 Å². The molecule has 2 aliphatic rings. The lowest BCUT2D eigenvalue weighted by Gasteiger charge is -2.34. The van der Waals surface area contributed by atoms with Crippen molar-refractivity contribution in [3.63, 3.8) is 0 Å². The van der Waals surface area contributed by atoms with E-state index in [4.69, 9.17) is 0 Å². The first-order valence-corrected chi connectivity index (χ1v) is 6.22. The molecule has 3 rings (SSSR count). The van der Waals surface area contributed by atoms with Crippen LogP contribution in [0.5, 0.6) is 0 Å². The molecule has 0 amide bonds. The van der Waals surface area contributed by atoms with Gasteiger partial charge in [0, 0.05) is 6.54 Å². The van der Waals surface area contributed by atoms with Gasteiger partial charge in [-0.25, -0.2) is 4.68 Å². The molecule has 88 valence electrons. The van der Waals surface area contributed by atoms with E-state index in [2.05, 4.69) is 25.4 Å². The maximum absolute atomic E-state index is 4.52. The van der Waals surface area contributed by atoms with Gasteiger partial charge in [0.05, 0.1) is 6.04 Å². The van der Waals surface area contributed by atoms with Crippen LogP contribution in [-0.4, -0.2) is 34.4 Å². The Balaban J connectivity index is 1.85. The van der Waals surface area contributed by atoms with Crippen LogP contribution in [-0.2, 0) is 0 Å². The van der Waals surface area contributed by atoms with Crippen molar-refractivity contribution >= 4 is 5.95 Å². The summed E-state index contributed by atoms with van der Waals surface area (Å²) in [6.07, 6.45) is 3.77. The molecule has 3 heterocycles. The van der Waals surface area contributed by atoms with Crippen molar-refractivity contribution in [2.45, 2.75) is 32.2 Å². The number of aryl methyl sites for hydroxylation is 1. The zero-order valence-electron chi connectivity index (χ0n) is 9.74. The van der Waals surface area contributed by atoms with Gasteiger partial charge in [0.1, 0.15) is 5.82 Å². The highest BCUT2D eigenvalue weighted by atomic mass is 15.4. The summed E-state index contributed by atoms with van der Waals surface area (Å²) in [5.74, 6) is 2.55. The van der Waals surface area contributed by atoms with Gasteiger partial charge in [0.15, 0.2) is 0 Å². The monoisotopic (exact) mass is 221 g/mol. The predicted molar refractivity (Wildman–Crippen MR) is 62.5 cm³/mol. The molecule has 1 aromatic rings. The number of hydrogen-bond donors (Lipinski definition) is 2. The molecule has 5 nitrogen and oxygen atoms in total. The van der Waals surface area contributed by atoms with E-state index in [0.717, 1.165) is 30.8 Å². The Kier molecular flexibility index (Phi) is 2.55. The van der Waals surface area contributed by atoms with E-state index in [1.165, 1.54) is 25.8 Å². The smallest absolute Gasteiger partial charge is 0.221 e. The number of nitrogens with one attached hydrogen (secondary N) is 2. The minimum atomic E-state index is 0.533. The third-order valence-corrected chi connectivity index (χ3v) is 3.65. The number of aromatic nitrogens is 3. The summed E-state index contributed by atoms with van der Waals surface area (Å²) in [5.41, 5.74) is 0. The second-order valence-electron chi connectivity index (χ2n) is 4.82. The van der Waals surface area contributed by atoms with Crippen LogP contribution in [0.1, 0.15) is 31.1 Å². The Labute approximate surface area is 95.6 Å². The van der Waals surface area contributed by atoms with E-state index in [1.807, 2.05) is 6.92 Å². The van der Waals surface area contributed by atoms with Gasteiger partial charge in [-0.05, 0) is 45.2 Å². The van der Waals surface area contributed by atoms with E-state index >= 15 is 0 Å². The largest absolute Gasteiger partial charge is 0.354 e. The van der Waals surface area contributed by atoms with Crippen LogP contribution in [0.2, 0.25) is 0 Å². The predicted octanol–water partition coefficient (Wildman–Crippen LogP) is 0.943. The number of nitrogens with zero attached hydrogens (tertiary/aromatic N) is 3.